The van der Waals surface area contributed by atoms with E-state index < -0.39 is 30.2 Å². The van der Waals surface area contributed by atoms with E-state index in [0.29, 0.717) is 5.02 Å². The van der Waals surface area contributed by atoms with Gasteiger partial charge in [-0.2, -0.15) is 0 Å². The third-order valence-corrected chi connectivity index (χ3v) is 3.64. The third-order valence-electron chi connectivity index (χ3n) is 2.27. The highest BCUT2D eigenvalue weighted by molar-refractivity contribution is 8.00. The number of rotatable bonds is 6. The molecule has 2 unspecified atom stereocenters. The van der Waals surface area contributed by atoms with Crippen molar-refractivity contribution < 1.29 is 18.7 Å². The van der Waals surface area contributed by atoms with Gasteiger partial charge in [-0.25, -0.2) is 8.78 Å². The predicted octanol–water partition coefficient (Wildman–Crippen LogP) is 2.56. The Kier molecular flexibility index (Phi) is 6.54. The second kappa shape index (κ2) is 7.67. The first kappa shape index (κ1) is 16.2. The van der Waals surface area contributed by atoms with Gasteiger partial charge in [-0.15, -0.1) is 11.8 Å². The molecule has 0 saturated carbocycles. The molecule has 0 aliphatic carbocycles. The fourth-order valence-electron chi connectivity index (χ4n) is 1.21. The van der Waals surface area contributed by atoms with Crippen molar-refractivity contribution in [3.05, 3.63) is 29.3 Å². The molecule has 0 aliphatic rings. The molecule has 7 heteroatoms. The van der Waals surface area contributed by atoms with E-state index in [4.69, 9.17) is 16.7 Å². The fourth-order valence-corrected chi connectivity index (χ4v) is 2.23. The Bertz CT molecular complexity index is 417. The van der Waals surface area contributed by atoms with Crippen LogP contribution in [0.2, 0.25) is 5.02 Å². The molecule has 1 amide bonds. The molecule has 0 aliphatic heterocycles. The lowest BCUT2D eigenvalue weighted by Crippen LogP contribution is -2.39. The standard InChI is InChI=1S/C12H14ClF2NO2S/c1-7(12(18)16-6-10(17)11(14)15)19-9-4-2-8(13)3-5-9/h2-5,7,10-11,17H,6H2,1H3,(H,16,18). The average Bonchev–Trinajstić information content (AvgIpc) is 2.37. The third kappa shape index (κ3) is 5.76. The van der Waals surface area contributed by atoms with E-state index in [1.807, 2.05) is 0 Å². The van der Waals surface area contributed by atoms with Crippen molar-refractivity contribution >= 4 is 29.3 Å². The van der Waals surface area contributed by atoms with Gasteiger partial charge < -0.3 is 10.4 Å². The van der Waals surface area contributed by atoms with Crippen molar-refractivity contribution in [2.75, 3.05) is 6.54 Å². The molecule has 0 bridgehead atoms. The number of benzene rings is 1. The van der Waals surface area contributed by atoms with Gasteiger partial charge >= 0.3 is 0 Å². The van der Waals surface area contributed by atoms with Crippen LogP contribution in [0.5, 0.6) is 0 Å². The van der Waals surface area contributed by atoms with Crippen molar-refractivity contribution in [2.24, 2.45) is 0 Å². The number of aliphatic hydroxyl groups excluding tert-OH is 1. The second-order valence-corrected chi connectivity index (χ2v) is 5.71. The van der Waals surface area contributed by atoms with Crippen LogP contribution in [-0.4, -0.2) is 35.3 Å². The number of amides is 1. The molecule has 2 atom stereocenters. The van der Waals surface area contributed by atoms with Crippen molar-refractivity contribution in [1.29, 1.82) is 0 Å². The average molecular weight is 310 g/mol. The van der Waals surface area contributed by atoms with Crippen LogP contribution in [0.4, 0.5) is 8.78 Å². The smallest absolute Gasteiger partial charge is 0.265 e. The summed E-state index contributed by atoms with van der Waals surface area (Å²) in [5.41, 5.74) is 0. The number of carbonyl (C=O) groups excluding carboxylic acids is 1. The zero-order valence-electron chi connectivity index (χ0n) is 10.1. The van der Waals surface area contributed by atoms with Crippen molar-refractivity contribution in [1.82, 2.24) is 5.32 Å². The Hall–Kier alpha value is -0.850. The van der Waals surface area contributed by atoms with Gasteiger partial charge in [0.15, 0.2) is 0 Å². The molecule has 0 spiro atoms. The highest BCUT2D eigenvalue weighted by atomic mass is 35.5. The van der Waals surface area contributed by atoms with Crippen LogP contribution in [0, 0.1) is 0 Å². The van der Waals surface area contributed by atoms with Gasteiger partial charge in [0, 0.05) is 16.5 Å². The predicted molar refractivity (Wildman–Crippen MR) is 71.8 cm³/mol. The Morgan fingerprint density at radius 3 is 2.53 bits per heavy atom. The number of aliphatic hydroxyl groups is 1. The molecule has 1 rings (SSSR count). The van der Waals surface area contributed by atoms with Gasteiger partial charge in [0.05, 0.1) is 5.25 Å². The summed E-state index contributed by atoms with van der Waals surface area (Å²) in [6, 6.07) is 6.94. The maximum Gasteiger partial charge on any atom is 0.265 e. The van der Waals surface area contributed by atoms with E-state index in [0.717, 1.165) is 4.90 Å². The first-order valence-electron chi connectivity index (χ1n) is 5.56. The Morgan fingerprint density at radius 1 is 1.42 bits per heavy atom. The SMILES string of the molecule is CC(Sc1ccc(Cl)cc1)C(=O)NCC(O)C(F)F. The molecule has 1 aromatic rings. The zero-order chi connectivity index (χ0) is 14.4. The zero-order valence-corrected chi connectivity index (χ0v) is 11.7. The van der Waals surface area contributed by atoms with Crippen LogP contribution in [-0.2, 0) is 4.79 Å². The normalized spacial score (nSPS) is 14.2. The van der Waals surface area contributed by atoms with Gasteiger partial charge in [-0.05, 0) is 31.2 Å². The second-order valence-electron chi connectivity index (χ2n) is 3.86. The minimum atomic E-state index is -2.86. The molecule has 106 valence electrons. The highest BCUT2D eigenvalue weighted by Gasteiger charge is 2.20. The lowest BCUT2D eigenvalue weighted by atomic mass is 10.3. The number of halogens is 3. The van der Waals surface area contributed by atoms with Crippen LogP contribution in [0.1, 0.15) is 6.92 Å². The Balaban J connectivity index is 2.42. The number of hydrogen-bond donors (Lipinski definition) is 2. The molecule has 0 saturated heterocycles. The quantitative estimate of drug-likeness (QED) is 0.794. The molecule has 19 heavy (non-hydrogen) atoms. The maximum atomic E-state index is 12.0. The topological polar surface area (TPSA) is 49.3 Å². The van der Waals surface area contributed by atoms with E-state index in [1.165, 1.54) is 11.8 Å². The van der Waals surface area contributed by atoms with Crippen LogP contribution in [0.3, 0.4) is 0 Å². The highest BCUT2D eigenvalue weighted by Crippen LogP contribution is 2.24. The molecule has 0 radical (unpaired) electrons. The number of nitrogens with one attached hydrogen (secondary N) is 1. The summed E-state index contributed by atoms with van der Waals surface area (Å²) in [5.74, 6) is -0.403. The summed E-state index contributed by atoms with van der Waals surface area (Å²) in [5, 5.41) is 11.3. The van der Waals surface area contributed by atoms with Crippen molar-refractivity contribution in [3.8, 4) is 0 Å². The molecular formula is C12H14ClF2NO2S. The Morgan fingerprint density at radius 2 is 2.00 bits per heavy atom. The first-order valence-corrected chi connectivity index (χ1v) is 6.82. The summed E-state index contributed by atoms with van der Waals surface area (Å²) in [4.78, 5) is 12.5. The maximum absolute atomic E-state index is 12.0. The van der Waals surface area contributed by atoms with Gasteiger partial charge in [-0.1, -0.05) is 11.6 Å². The summed E-state index contributed by atoms with van der Waals surface area (Å²) < 4.78 is 24.1. The van der Waals surface area contributed by atoms with Gasteiger partial charge in [0.2, 0.25) is 5.91 Å². The van der Waals surface area contributed by atoms with E-state index >= 15 is 0 Å². The minimum Gasteiger partial charge on any atom is -0.385 e. The fraction of sp³-hybridized carbons (Fsp3) is 0.417. The molecule has 0 fully saturated rings. The van der Waals surface area contributed by atoms with E-state index in [2.05, 4.69) is 5.32 Å². The molecule has 1 aromatic carbocycles. The summed E-state index contributed by atoms with van der Waals surface area (Å²) in [7, 11) is 0. The Labute approximate surface area is 119 Å². The van der Waals surface area contributed by atoms with Crippen LogP contribution < -0.4 is 5.32 Å². The number of carbonyl (C=O) groups is 1. The van der Waals surface area contributed by atoms with Gasteiger partial charge in [0.1, 0.15) is 6.10 Å². The van der Waals surface area contributed by atoms with Crippen molar-refractivity contribution in [3.63, 3.8) is 0 Å². The number of thioether (sulfide) groups is 1. The number of hydrogen-bond acceptors (Lipinski definition) is 3. The molecule has 0 heterocycles. The van der Waals surface area contributed by atoms with Crippen molar-refractivity contribution in [2.45, 2.75) is 29.6 Å². The summed E-state index contributed by atoms with van der Waals surface area (Å²) in [6.45, 7) is 1.20. The largest absolute Gasteiger partial charge is 0.385 e. The first-order chi connectivity index (χ1) is 8.90. The van der Waals surface area contributed by atoms with Crippen LogP contribution >= 0.6 is 23.4 Å². The van der Waals surface area contributed by atoms with Crippen LogP contribution in [0.25, 0.3) is 0 Å². The summed E-state index contributed by atoms with van der Waals surface area (Å²) in [6.07, 6.45) is -4.70. The van der Waals surface area contributed by atoms with Gasteiger partial charge in [0.25, 0.3) is 6.43 Å². The van der Waals surface area contributed by atoms with Crippen LogP contribution in [0.15, 0.2) is 29.2 Å². The molecule has 0 aromatic heterocycles. The minimum absolute atomic E-state index is 0.403. The molecular weight excluding hydrogens is 296 g/mol. The molecule has 3 nitrogen and oxygen atoms in total. The lowest BCUT2D eigenvalue weighted by Gasteiger charge is -2.14. The lowest BCUT2D eigenvalue weighted by molar-refractivity contribution is -0.121. The monoisotopic (exact) mass is 309 g/mol. The van der Waals surface area contributed by atoms with E-state index in [1.54, 1.807) is 31.2 Å². The summed E-state index contributed by atoms with van der Waals surface area (Å²) >= 11 is 7.02. The van der Waals surface area contributed by atoms with Gasteiger partial charge in [-0.3, -0.25) is 4.79 Å². The number of alkyl halides is 2. The van der Waals surface area contributed by atoms with E-state index in [9.17, 15) is 13.6 Å². The molecule has 2 N–H and O–H groups in total. The van der Waals surface area contributed by atoms with E-state index in [-0.39, 0.29) is 0 Å².